The number of likely N-dealkylation sites (N-methyl/N-ethyl adjacent to an activating group) is 1. The van der Waals surface area contributed by atoms with E-state index in [0.717, 1.165) is 0 Å². The summed E-state index contributed by atoms with van der Waals surface area (Å²) in [7, 11) is -2.63. The number of nitrogens with one attached hydrogen (secondary N) is 2. The fourth-order valence-electron chi connectivity index (χ4n) is 2.72. The first-order chi connectivity index (χ1) is 13.4. The fourth-order valence-corrected chi connectivity index (χ4v) is 4.38. The number of benzene rings is 1. The molecule has 0 radical (unpaired) electrons. The Labute approximate surface area is 162 Å². The SMILES string of the molecule is CNC(=O)C(=O)NC[C@H](c1cccnc1)S(=O)(=O)c1ccc2c(c1)OCCO2. The van der Waals surface area contributed by atoms with Crippen LogP contribution in [0, 0.1) is 0 Å². The number of fused-ring (bicyclic) bond motifs is 1. The first-order valence-corrected chi connectivity index (χ1v) is 10.0. The van der Waals surface area contributed by atoms with Crippen LogP contribution in [0.25, 0.3) is 0 Å². The van der Waals surface area contributed by atoms with E-state index >= 15 is 0 Å². The van der Waals surface area contributed by atoms with Gasteiger partial charge < -0.3 is 20.1 Å². The molecule has 1 aliphatic heterocycles. The minimum atomic E-state index is -3.94. The molecule has 0 bridgehead atoms. The van der Waals surface area contributed by atoms with Crippen molar-refractivity contribution in [2.24, 2.45) is 0 Å². The van der Waals surface area contributed by atoms with Crippen LogP contribution < -0.4 is 20.1 Å². The number of pyridine rings is 1. The van der Waals surface area contributed by atoms with E-state index in [2.05, 4.69) is 15.6 Å². The summed E-state index contributed by atoms with van der Waals surface area (Å²) in [5.74, 6) is -0.974. The third kappa shape index (κ3) is 4.06. The summed E-state index contributed by atoms with van der Waals surface area (Å²) in [4.78, 5) is 27.2. The van der Waals surface area contributed by atoms with Crippen LogP contribution in [0.5, 0.6) is 11.5 Å². The Morgan fingerprint density at radius 3 is 2.57 bits per heavy atom. The van der Waals surface area contributed by atoms with Gasteiger partial charge in [-0.1, -0.05) is 6.07 Å². The average Bonchev–Trinajstić information content (AvgIpc) is 2.73. The molecule has 2 aromatic rings. The lowest BCUT2D eigenvalue weighted by Crippen LogP contribution is -2.41. The Hall–Kier alpha value is -3.14. The molecular weight excluding hydrogens is 386 g/mol. The predicted molar refractivity (Wildman–Crippen MR) is 98.7 cm³/mol. The van der Waals surface area contributed by atoms with E-state index in [1.165, 1.54) is 37.6 Å². The second-order valence-corrected chi connectivity index (χ2v) is 8.05. The molecule has 0 saturated carbocycles. The number of ether oxygens (including phenoxy) is 2. The van der Waals surface area contributed by atoms with Crippen molar-refractivity contribution >= 4 is 21.7 Å². The summed E-state index contributed by atoms with van der Waals surface area (Å²) in [5, 5.41) is 3.40. The Bertz CT molecular complexity index is 978. The van der Waals surface area contributed by atoms with Crippen LogP contribution >= 0.6 is 0 Å². The number of nitrogens with zero attached hydrogens (tertiary/aromatic N) is 1. The van der Waals surface area contributed by atoms with Gasteiger partial charge in [0.2, 0.25) is 0 Å². The Balaban J connectivity index is 1.94. The molecule has 9 nitrogen and oxygen atoms in total. The first-order valence-electron chi connectivity index (χ1n) is 8.47. The number of rotatable bonds is 5. The van der Waals surface area contributed by atoms with Gasteiger partial charge in [0, 0.05) is 32.1 Å². The molecule has 0 saturated heterocycles. The maximum Gasteiger partial charge on any atom is 0.309 e. The number of hydrogen-bond donors (Lipinski definition) is 2. The highest BCUT2D eigenvalue weighted by Crippen LogP contribution is 2.36. The molecule has 1 atom stereocenters. The van der Waals surface area contributed by atoms with E-state index in [0.29, 0.717) is 30.3 Å². The van der Waals surface area contributed by atoms with E-state index in [-0.39, 0.29) is 11.4 Å². The standard InChI is InChI=1S/C18H19N3O6S/c1-19-17(22)18(23)21-11-16(12-3-2-6-20-10-12)28(24,25)13-4-5-14-15(9-13)27-8-7-26-14/h2-6,9-10,16H,7-8,11H2,1H3,(H,19,22)(H,21,23)/t16-/m1/s1. The van der Waals surface area contributed by atoms with Gasteiger partial charge in [-0.2, -0.15) is 0 Å². The van der Waals surface area contributed by atoms with Gasteiger partial charge in [-0.25, -0.2) is 8.42 Å². The molecule has 28 heavy (non-hydrogen) atoms. The summed E-state index contributed by atoms with van der Waals surface area (Å²) in [6.45, 7) is 0.419. The Morgan fingerprint density at radius 2 is 1.89 bits per heavy atom. The monoisotopic (exact) mass is 405 g/mol. The van der Waals surface area contributed by atoms with Crippen molar-refractivity contribution < 1.29 is 27.5 Å². The molecule has 10 heteroatoms. The topological polar surface area (TPSA) is 124 Å². The van der Waals surface area contributed by atoms with Crippen molar-refractivity contribution in [1.29, 1.82) is 0 Å². The molecule has 0 spiro atoms. The molecule has 3 rings (SSSR count). The van der Waals surface area contributed by atoms with Crippen molar-refractivity contribution in [2.45, 2.75) is 10.1 Å². The molecule has 2 N–H and O–H groups in total. The van der Waals surface area contributed by atoms with E-state index in [1.807, 2.05) is 0 Å². The van der Waals surface area contributed by atoms with Crippen LogP contribution in [0.1, 0.15) is 10.8 Å². The quantitative estimate of drug-likeness (QED) is 0.683. The number of amides is 2. The summed E-state index contributed by atoms with van der Waals surface area (Å²) in [6, 6.07) is 7.55. The number of aromatic nitrogens is 1. The van der Waals surface area contributed by atoms with Crippen LogP contribution in [-0.2, 0) is 19.4 Å². The lowest BCUT2D eigenvalue weighted by Gasteiger charge is -2.21. The summed E-state index contributed by atoms with van der Waals surface area (Å²) >= 11 is 0. The van der Waals surface area contributed by atoms with Gasteiger partial charge in [0.1, 0.15) is 18.5 Å². The molecule has 2 heterocycles. The summed E-state index contributed by atoms with van der Waals surface area (Å²) < 4.78 is 37.5. The zero-order valence-corrected chi connectivity index (χ0v) is 15.9. The van der Waals surface area contributed by atoms with Crippen LogP contribution in [-0.4, -0.2) is 52.0 Å². The molecule has 2 amide bonds. The largest absolute Gasteiger partial charge is 0.486 e. The normalized spacial score (nSPS) is 14.0. The minimum absolute atomic E-state index is 0.0137. The molecule has 1 aromatic heterocycles. The zero-order chi connectivity index (χ0) is 20.1. The van der Waals surface area contributed by atoms with E-state index in [4.69, 9.17) is 9.47 Å². The molecule has 1 aromatic carbocycles. The second kappa shape index (κ2) is 8.26. The summed E-state index contributed by atoms with van der Waals surface area (Å²) in [6.07, 6.45) is 2.92. The van der Waals surface area contributed by atoms with Crippen molar-refractivity contribution in [3.8, 4) is 11.5 Å². The summed E-state index contributed by atoms with van der Waals surface area (Å²) in [5.41, 5.74) is 0.384. The maximum absolute atomic E-state index is 13.3. The number of sulfone groups is 1. The van der Waals surface area contributed by atoms with Gasteiger partial charge in [-0.15, -0.1) is 0 Å². The lowest BCUT2D eigenvalue weighted by atomic mass is 10.2. The van der Waals surface area contributed by atoms with Crippen LogP contribution in [0.3, 0.4) is 0 Å². The van der Waals surface area contributed by atoms with Gasteiger partial charge in [0.25, 0.3) is 0 Å². The highest BCUT2D eigenvalue weighted by Gasteiger charge is 2.31. The van der Waals surface area contributed by atoms with Crippen LogP contribution in [0.15, 0.2) is 47.6 Å². The second-order valence-electron chi connectivity index (χ2n) is 5.91. The predicted octanol–water partition coefficient (Wildman–Crippen LogP) is 0.230. The van der Waals surface area contributed by atoms with Gasteiger partial charge >= 0.3 is 11.8 Å². The lowest BCUT2D eigenvalue weighted by molar-refractivity contribution is -0.138. The third-order valence-corrected chi connectivity index (χ3v) is 6.25. The minimum Gasteiger partial charge on any atom is -0.486 e. The van der Waals surface area contributed by atoms with Crippen molar-refractivity contribution in [2.75, 3.05) is 26.8 Å². The molecule has 0 aliphatic carbocycles. The van der Waals surface area contributed by atoms with Crippen molar-refractivity contribution in [1.82, 2.24) is 15.6 Å². The molecular formula is C18H19N3O6S. The van der Waals surface area contributed by atoms with Gasteiger partial charge in [0.05, 0.1) is 4.90 Å². The Kier molecular flexibility index (Phi) is 5.78. The number of carbonyl (C=O) groups is 2. The number of hydrogen-bond acceptors (Lipinski definition) is 7. The molecule has 0 fully saturated rings. The molecule has 0 unspecified atom stereocenters. The highest BCUT2D eigenvalue weighted by atomic mass is 32.2. The fraction of sp³-hybridized carbons (Fsp3) is 0.278. The van der Waals surface area contributed by atoms with E-state index in [9.17, 15) is 18.0 Å². The number of carbonyl (C=O) groups excluding carboxylic acids is 2. The van der Waals surface area contributed by atoms with E-state index < -0.39 is 26.9 Å². The van der Waals surface area contributed by atoms with Gasteiger partial charge in [0.15, 0.2) is 21.3 Å². The molecule has 1 aliphatic rings. The van der Waals surface area contributed by atoms with Crippen LogP contribution in [0.4, 0.5) is 0 Å². The zero-order valence-electron chi connectivity index (χ0n) is 15.0. The van der Waals surface area contributed by atoms with Gasteiger partial charge in [-0.05, 0) is 23.8 Å². The maximum atomic E-state index is 13.3. The van der Waals surface area contributed by atoms with Crippen LogP contribution in [0.2, 0.25) is 0 Å². The van der Waals surface area contributed by atoms with Crippen molar-refractivity contribution in [3.05, 3.63) is 48.3 Å². The third-order valence-electron chi connectivity index (χ3n) is 4.15. The van der Waals surface area contributed by atoms with E-state index in [1.54, 1.807) is 12.1 Å². The van der Waals surface area contributed by atoms with Gasteiger partial charge in [-0.3, -0.25) is 14.6 Å². The molecule has 148 valence electrons. The highest BCUT2D eigenvalue weighted by molar-refractivity contribution is 7.91. The first kappa shape index (κ1) is 19.6. The van der Waals surface area contributed by atoms with Crippen molar-refractivity contribution in [3.63, 3.8) is 0 Å². The smallest absolute Gasteiger partial charge is 0.309 e. The average molecular weight is 405 g/mol. The Morgan fingerprint density at radius 1 is 1.14 bits per heavy atom.